The van der Waals surface area contributed by atoms with Crippen molar-refractivity contribution in [1.29, 1.82) is 0 Å². The van der Waals surface area contributed by atoms with Crippen molar-refractivity contribution in [2.24, 2.45) is 0 Å². The largest absolute Gasteiger partial charge is 0.322 e. The molecule has 0 fully saturated rings. The summed E-state index contributed by atoms with van der Waals surface area (Å²) in [6.45, 7) is 0. The maximum atomic E-state index is 14.2. The summed E-state index contributed by atoms with van der Waals surface area (Å²) in [4.78, 5) is 28.9. The number of carbonyl (C=O) groups excluding carboxylic acids is 2. The van der Waals surface area contributed by atoms with Crippen molar-refractivity contribution in [1.82, 2.24) is 0 Å². The van der Waals surface area contributed by atoms with Crippen LogP contribution in [0.3, 0.4) is 0 Å². The Morgan fingerprint density at radius 1 is 0.583 bits per heavy atom. The van der Waals surface area contributed by atoms with Crippen LogP contribution in [0.1, 0.15) is 20.7 Å². The van der Waals surface area contributed by atoms with E-state index in [1.807, 2.05) is 0 Å². The van der Waals surface area contributed by atoms with Gasteiger partial charge in [0.2, 0.25) is 0 Å². The van der Waals surface area contributed by atoms with Gasteiger partial charge in [-0.15, -0.1) is 0 Å². The van der Waals surface area contributed by atoms with Crippen LogP contribution >= 0.6 is 69.6 Å². The molecule has 36 heavy (non-hydrogen) atoms. The van der Waals surface area contributed by atoms with Crippen LogP contribution in [0.2, 0.25) is 30.1 Å². The van der Waals surface area contributed by atoms with Gasteiger partial charge in [0.1, 0.15) is 0 Å². The van der Waals surface area contributed by atoms with Gasteiger partial charge in [0, 0.05) is 11.4 Å². The molecule has 0 aliphatic carbocycles. The molecule has 10 heteroatoms. The zero-order valence-electron chi connectivity index (χ0n) is 18.0. The highest BCUT2D eigenvalue weighted by Crippen LogP contribution is 2.44. The van der Waals surface area contributed by atoms with E-state index in [0.717, 1.165) is 0 Å². The summed E-state index contributed by atoms with van der Waals surface area (Å²) in [5, 5.41) is 2.24. The Labute approximate surface area is 237 Å². The first-order valence-corrected chi connectivity index (χ1v) is 12.5. The quantitative estimate of drug-likeness (QED) is 0.184. The predicted molar refractivity (Wildman–Crippen MR) is 150 cm³/mol. The normalized spacial score (nSPS) is 10.7. The van der Waals surface area contributed by atoms with Crippen LogP contribution in [0.4, 0.5) is 17.1 Å². The molecule has 182 valence electrons. The van der Waals surface area contributed by atoms with Gasteiger partial charge >= 0.3 is 0 Å². The number of hydrogen-bond donors (Lipinski definition) is 1. The van der Waals surface area contributed by atoms with E-state index in [4.69, 9.17) is 69.6 Å². The molecule has 0 saturated heterocycles. The van der Waals surface area contributed by atoms with E-state index < -0.39 is 11.8 Å². The van der Waals surface area contributed by atoms with Gasteiger partial charge < -0.3 is 5.32 Å². The average Bonchev–Trinajstić information content (AvgIpc) is 2.88. The predicted octanol–water partition coefficient (Wildman–Crippen LogP) is 9.84. The second-order valence-electron chi connectivity index (χ2n) is 7.38. The van der Waals surface area contributed by atoms with Gasteiger partial charge in [0.25, 0.3) is 11.8 Å². The van der Waals surface area contributed by atoms with E-state index in [9.17, 15) is 9.59 Å². The van der Waals surface area contributed by atoms with E-state index in [-0.39, 0.29) is 47.0 Å². The first-order chi connectivity index (χ1) is 17.2. The van der Waals surface area contributed by atoms with Crippen LogP contribution in [-0.2, 0) is 0 Å². The van der Waals surface area contributed by atoms with Crippen molar-refractivity contribution in [3.63, 3.8) is 0 Å². The number of benzene rings is 4. The number of carbonyl (C=O) groups is 2. The first kappa shape index (κ1) is 26.6. The van der Waals surface area contributed by atoms with Crippen LogP contribution in [-0.4, -0.2) is 11.8 Å². The lowest BCUT2D eigenvalue weighted by Crippen LogP contribution is -2.29. The Morgan fingerprint density at radius 2 is 1.14 bits per heavy atom. The number of nitrogens with zero attached hydrogens (tertiary/aromatic N) is 1. The second kappa shape index (κ2) is 11.3. The highest BCUT2D eigenvalue weighted by Gasteiger charge is 2.33. The van der Waals surface area contributed by atoms with Crippen LogP contribution in [0.25, 0.3) is 0 Å². The van der Waals surface area contributed by atoms with Gasteiger partial charge in [-0.2, -0.15) is 0 Å². The van der Waals surface area contributed by atoms with Crippen LogP contribution in [0, 0.1) is 0 Å². The van der Waals surface area contributed by atoms with E-state index >= 15 is 0 Å². The van der Waals surface area contributed by atoms with Crippen molar-refractivity contribution in [2.45, 2.75) is 0 Å². The molecule has 0 aliphatic rings. The topological polar surface area (TPSA) is 49.4 Å². The van der Waals surface area contributed by atoms with Crippen LogP contribution < -0.4 is 10.2 Å². The van der Waals surface area contributed by atoms with Gasteiger partial charge in [-0.25, -0.2) is 0 Å². The highest BCUT2D eigenvalue weighted by atomic mass is 35.5. The molecule has 0 unspecified atom stereocenters. The molecule has 0 bridgehead atoms. The van der Waals surface area contributed by atoms with Gasteiger partial charge in [-0.05, 0) is 36.4 Å². The maximum absolute atomic E-state index is 14.2. The molecule has 0 aliphatic heterocycles. The van der Waals surface area contributed by atoms with Crippen molar-refractivity contribution < 1.29 is 9.59 Å². The molecule has 2 amide bonds. The smallest absolute Gasteiger partial charge is 0.265 e. The van der Waals surface area contributed by atoms with Crippen molar-refractivity contribution in [2.75, 3.05) is 10.2 Å². The van der Waals surface area contributed by atoms with Gasteiger partial charge in [0.05, 0.1) is 47.0 Å². The molecule has 4 aromatic carbocycles. The summed E-state index contributed by atoms with van der Waals surface area (Å²) in [6.07, 6.45) is 0. The Hall–Kier alpha value is -2.44. The molecule has 4 aromatic rings. The maximum Gasteiger partial charge on any atom is 0.265 e. The lowest BCUT2D eigenvalue weighted by atomic mass is 10.0. The Bertz CT molecular complexity index is 1460. The molecular weight excluding hydrogens is 585 g/mol. The monoisotopic (exact) mass is 596 g/mol. The minimum Gasteiger partial charge on any atom is -0.322 e. The number of anilines is 3. The summed E-state index contributed by atoms with van der Waals surface area (Å²) >= 11 is 38.4. The fourth-order valence-corrected chi connectivity index (χ4v) is 4.88. The summed E-state index contributed by atoms with van der Waals surface area (Å²) < 4.78 is 0. The highest BCUT2D eigenvalue weighted by molar-refractivity contribution is 6.54. The van der Waals surface area contributed by atoms with E-state index in [0.29, 0.717) is 11.4 Å². The third kappa shape index (κ3) is 5.16. The molecule has 4 nitrogen and oxygen atoms in total. The van der Waals surface area contributed by atoms with E-state index in [1.165, 1.54) is 4.90 Å². The summed E-state index contributed by atoms with van der Waals surface area (Å²) in [7, 11) is 0. The molecular formula is C26H14Cl6N2O2. The molecule has 1 N–H and O–H groups in total. The lowest BCUT2D eigenvalue weighted by Gasteiger charge is -2.26. The number of amides is 2. The third-order valence-electron chi connectivity index (χ3n) is 5.13. The third-order valence-corrected chi connectivity index (χ3v) is 7.74. The minimum absolute atomic E-state index is 0.119. The lowest BCUT2D eigenvalue weighted by molar-refractivity contribution is 0.0977. The first-order valence-electron chi connectivity index (χ1n) is 10.3. The SMILES string of the molecule is O=C(Nc1ccccc1)c1c(Cl)c(Cl)c(Cl)c(Cl)c1C(=O)N(c1ccccc1)c1cccc(Cl)c1Cl. The molecule has 0 radical (unpaired) electrons. The molecule has 0 spiro atoms. The molecule has 0 atom stereocenters. The Morgan fingerprint density at radius 3 is 1.75 bits per heavy atom. The zero-order valence-corrected chi connectivity index (χ0v) is 22.6. The molecule has 0 heterocycles. The van der Waals surface area contributed by atoms with E-state index in [2.05, 4.69) is 5.32 Å². The second-order valence-corrected chi connectivity index (χ2v) is 9.67. The number of halogens is 6. The standard InChI is InChI=1S/C26H14Cl6N2O2/c27-16-12-7-13-17(20(16)28)34(15-10-5-2-6-11-15)26(36)19-18(21(29)23(31)24(32)22(19)30)25(35)33-14-8-3-1-4-9-14/h1-13H,(H,33,35). The number of rotatable bonds is 5. The summed E-state index contributed by atoms with van der Waals surface area (Å²) in [5.74, 6) is -1.44. The van der Waals surface area contributed by atoms with Crippen molar-refractivity contribution in [3.8, 4) is 0 Å². The molecule has 0 aromatic heterocycles. The average molecular weight is 599 g/mol. The Balaban J connectivity index is 1.96. The van der Waals surface area contributed by atoms with Gasteiger partial charge in [0.15, 0.2) is 0 Å². The number of hydrogen-bond acceptors (Lipinski definition) is 2. The van der Waals surface area contributed by atoms with Crippen molar-refractivity contribution >= 4 is 98.5 Å². The van der Waals surface area contributed by atoms with Gasteiger partial charge in [-0.3, -0.25) is 14.5 Å². The summed E-state index contributed by atoms with van der Waals surface area (Å²) in [5.41, 5.74) is 0.651. The number of nitrogens with one attached hydrogen (secondary N) is 1. The minimum atomic E-state index is -0.728. The molecule has 0 saturated carbocycles. The van der Waals surface area contributed by atoms with Crippen molar-refractivity contribution in [3.05, 3.63) is 120 Å². The van der Waals surface area contributed by atoms with Crippen LogP contribution in [0.5, 0.6) is 0 Å². The Kier molecular flexibility index (Phi) is 8.36. The summed E-state index contributed by atoms with van der Waals surface area (Å²) in [6, 6.07) is 22.1. The molecule has 4 rings (SSSR count). The number of para-hydroxylation sites is 2. The van der Waals surface area contributed by atoms with Crippen LogP contribution in [0.15, 0.2) is 78.9 Å². The fourth-order valence-electron chi connectivity index (χ4n) is 3.48. The zero-order chi connectivity index (χ0) is 26.0. The fraction of sp³-hybridized carbons (Fsp3) is 0. The van der Waals surface area contributed by atoms with Gasteiger partial charge in [-0.1, -0.05) is 112 Å². The van der Waals surface area contributed by atoms with E-state index in [1.54, 1.807) is 78.9 Å².